The average molecular weight is 312 g/mol. The highest BCUT2D eigenvalue weighted by atomic mass is 16.5. The summed E-state index contributed by atoms with van der Waals surface area (Å²) in [5, 5.41) is 6.29. The van der Waals surface area contributed by atoms with Gasteiger partial charge in [-0.2, -0.15) is 0 Å². The van der Waals surface area contributed by atoms with E-state index in [0.717, 1.165) is 24.1 Å². The number of rotatable bonds is 7. The van der Waals surface area contributed by atoms with Gasteiger partial charge in [-0.15, -0.1) is 0 Å². The molecular weight excluding hydrogens is 288 g/mol. The number of ether oxygens (including phenoxy) is 1. The van der Waals surface area contributed by atoms with E-state index >= 15 is 0 Å². The van der Waals surface area contributed by atoms with Crippen LogP contribution in [-0.2, 0) is 4.79 Å². The summed E-state index contributed by atoms with van der Waals surface area (Å²) in [6.45, 7) is 4.84. The van der Waals surface area contributed by atoms with Gasteiger partial charge < -0.3 is 15.4 Å². The van der Waals surface area contributed by atoms with Crippen LogP contribution in [0.4, 0.5) is 5.69 Å². The maximum Gasteiger partial charge on any atom is 0.246 e. The number of carbonyl (C=O) groups excluding carboxylic acids is 1. The summed E-state index contributed by atoms with van der Waals surface area (Å²) in [6.07, 6.45) is 0.963. The Kier molecular flexibility index (Phi) is 6.18. The van der Waals surface area contributed by atoms with Gasteiger partial charge in [-0.1, -0.05) is 43.3 Å². The molecule has 0 aliphatic carbocycles. The molecular formula is C19H24N2O2. The third-order valence-electron chi connectivity index (χ3n) is 3.61. The molecule has 0 heterocycles. The van der Waals surface area contributed by atoms with E-state index in [1.54, 1.807) is 7.11 Å². The van der Waals surface area contributed by atoms with Gasteiger partial charge in [0.1, 0.15) is 11.8 Å². The highest BCUT2D eigenvalue weighted by Gasteiger charge is 2.20. The lowest BCUT2D eigenvalue weighted by Gasteiger charge is -2.19. The number of carbonyl (C=O) groups is 1. The molecule has 0 saturated carbocycles. The maximum absolute atomic E-state index is 12.8. The van der Waals surface area contributed by atoms with E-state index in [1.165, 1.54) is 0 Å². The zero-order valence-electron chi connectivity index (χ0n) is 13.9. The van der Waals surface area contributed by atoms with E-state index in [9.17, 15) is 4.79 Å². The molecule has 4 nitrogen and oxygen atoms in total. The third kappa shape index (κ3) is 4.57. The van der Waals surface area contributed by atoms with Crippen LogP contribution in [0.3, 0.4) is 0 Å². The van der Waals surface area contributed by atoms with Crippen molar-refractivity contribution >= 4 is 11.6 Å². The number of amides is 1. The van der Waals surface area contributed by atoms with Gasteiger partial charge in [0, 0.05) is 0 Å². The van der Waals surface area contributed by atoms with Crippen molar-refractivity contribution in [2.45, 2.75) is 26.3 Å². The molecule has 0 aliphatic heterocycles. The number of hydrogen-bond acceptors (Lipinski definition) is 3. The van der Waals surface area contributed by atoms with Crippen LogP contribution in [0.15, 0.2) is 48.5 Å². The summed E-state index contributed by atoms with van der Waals surface area (Å²) in [7, 11) is 1.60. The molecule has 0 spiro atoms. The Labute approximate surface area is 137 Å². The Morgan fingerprint density at radius 2 is 1.91 bits per heavy atom. The van der Waals surface area contributed by atoms with Crippen LogP contribution < -0.4 is 15.4 Å². The Morgan fingerprint density at radius 1 is 1.17 bits per heavy atom. The molecule has 23 heavy (non-hydrogen) atoms. The topological polar surface area (TPSA) is 50.4 Å². The van der Waals surface area contributed by atoms with Crippen molar-refractivity contribution < 1.29 is 9.53 Å². The number of benzene rings is 2. The predicted molar refractivity (Wildman–Crippen MR) is 93.8 cm³/mol. The highest BCUT2D eigenvalue weighted by molar-refractivity contribution is 5.96. The smallest absolute Gasteiger partial charge is 0.246 e. The molecule has 1 atom stereocenters. The van der Waals surface area contributed by atoms with Gasteiger partial charge in [-0.3, -0.25) is 4.79 Å². The normalized spacial score (nSPS) is 11.8. The summed E-state index contributed by atoms with van der Waals surface area (Å²) >= 11 is 0. The molecule has 0 fully saturated rings. The van der Waals surface area contributed by atoms with Crippen LogP contribution in [0, 0.1) is 6.92 Å². The standard InChI is InChI=1S/C19H24N2O2/c1-4-12-20-18(15-8-6-5-7-9-15)19(22)21-16-13-14(2)10-11-17(16)23-3/h5-11,13,18,20H,4,12H2,1-3H3,(H,21,22). The van der Waals surface area contributed by atoms with Crippen molar-refractivity contribution in [3.05, 3.63) is 59.7 Å². The summed E-state index contributed by atoms with van der Waals surface area (Å²) in [4.78, 5) is 12.8. The number of anilines is 1. The zero-order chi connectivity index (χ0) is 16.7. The van der Waals surface area contributed by atoms with Crippen molar-refractivity contribution in [1.82, 2.24) is 5.32 Å². The number of methoxy groups -OCH3 is 1. The van der Waals surface area contributed by atoms with Gasteiger partial charge in [-0.05, 0) is 43.1 Å². The van der Waals surface area contributed by atoms with Crippen LogP contribution >= 0.6 is 0 Å². The van der Waals surface area contributed by atoms with Crippen molar-refractivity contribution in [1.29, 1.82) is 0 Å². The van der Waals surface area contributed by atoms with E-state index < -0.39 is 0 Å². The molecule has 2 aromatic carbocycles. The van der Waals surface area contributed by atoms with E-state index in [1.807, 2.05) is 55.5 Å². The quantitative estimate of drug-likeness (QED) is 0.820. The molecule has 0 aliphatic rings. The number of nitrogens with one attached hydrogen (secondary N) is 2. The van der Waals surface area contributed by atoms with Gasteiger partial charge in [0.25, 0.3) is 0 Å². The molecule has 122 valence electrons. The minimum atomic E-state index is -0.388. The molecule has 0 saturated heterocycles. The Hall–Kier alpha value is -2.33. The highest BCUT2D eigenvalue weighted by Crippen LogP contribution is 2.26. The Balaban J connectivity index is 2.22. The van der Waals surface area contributed by atoms with Gasteiger partial charge in [0.05, 0.1) is 12.8 Å². The van der Waals surface area contributed by atoms with Crippen LogP contribution in [0.2, 0.25) is 0 Å². The van der Waals surface area contributed by atoms with Crippen molar-refractivity contribution in [3.8, 4) is 5.75 Å². The first-order valence-corrected chi connectivity index (χ1v) is 7.89. The largest absolute Gasteiger partial charge is 0.495 e. The average Bonchev–Trinajstić information content (AvgIpc) is 2.56. The summed E-state index contributed by atoms with van der Waals surface area (Å²) in [6, 6.07) is 15.1. The monoisotopic (exact) mass is 312 g/mol. The lowest BCUT2D eigenvalue weighted by molar-refractivity contribution is -0.118. The molecule has 2 N–H and O–H groups in total. The minimum absolute atomic E-state index is 0.0893. The molecule has 0 radical (unpaired) electrons. The van der Waals surface area contributed by atoms with Crippen LogP contribution in [0.5, 0.6) is 5.75 Å². The molecule has 0 bridgehead atoms. The van der Waals surface area contributed by atoms with E-state index in [0.29, 0.717) is 11.4 Å². The summed E-state index contributed by atoms with van der Waals surface area (Å²) in [5.74, 6) is 0.569. The third-order valence-corrected chi connectivity index (χ3v) is 3.61. The lowest BCUT2D eigenvalue weighted by Crippen LogP contribution is -2.33. The van der Waals surface area contributed by atoms with Crippen molar-refractivity contribution in [2.75, 3.05) is 19.0 Å². The van der Waals surface area contributed by atoms with Crippen LogP contribution in [-0.4, -0.2) is 19.6 Å². The van der Waals surface area contributed by atoms with Gasteiger partial charge >= 0.3 is 0 Å². The summed E-state index contributed by atoms with van der Waals surface area (Å²) in [5.41, 5.74) is 2.71. The first-order valence-electron chi connectivity index (χ1n) is 7.89. The van der Waals surface area contributed by atoms with Gasteiger partial charge in [0.2, 0.25) is 5.91 Å². The van der Waals surface area contributed by atoms with Crippen molar-refractivity contribution in [2.24, 2.45) is 0 Å². The minimum Gasteiger partial charge on any atom is -0.495 e. The second-order valence-electron chi connectivity index (χ2n) is 5.49. The number of hydrogen-bond donors (Lipinski definition) is 2. The first-order chi connectivity index (χ1) is 11.2. The molecule has 0 aromatic heterocycles. The predicted octanol–water partition coefficient (Wildman–Crippen LogP) is 3.68. The lowest BCUT2D eigenvalue weighted by atomic mass is 10.1. The van der Waals surface area contributed by atoms with Gasteiger partial charge in [0.15, 0.2) is 0 Å². The van der Waals surface area contributed by atoms with Crippen molar-refractivity contribution in [3.63, 3.8) is 0 Å². The van der Waals surface area contributed by atoms with E-state index in [-0.39, 0.29) is 11.9 Å². The first kappa shape index (κ1) is 17.0. The molecule has 2 aromatic rings. The number of aryl methyl sites for hydroxylation is 1. The zero-order valence-corrected chi connectivity index (χ0v) is 13.9. The Morgan fingerprint density at radius 3 is 2.57 bits per heavy atom. The maximum atomic E-state index is 12.8. The van der Waals surface area contributed by atoms with E-state index in [4.69, 9.17) is 4.74 Å². The molecule has 1 amide bonds. The fourth-order valence-electron chi connectivity index (χ4n) is 2.42. The second kappa shape index (κ2) is 8.34. The van der Waals surface area contributed by atoms with Crippen LogP contribution in [0.25, 0.3) is 0 Å². The summed E-state index contributed by atoms with van der Waals surface area (Å²) < 4.78 is 5.33. The SMILES string of the molecule is CCCNC(C(=O)Nc1cc(C)ccc1OC)c1ccccc1. The van der Waals surface area contributed by atoms with Crippen LogP contribution in [0.1, 0.15) is 30.5 Å². The molecule has 4 heteroatoms. The van der Waals surface area contributed by atoms with Gasteiger partial charge in [-0.25, -0.2) is 0 Å². The van der Waals surface area contributed by atoms with E-state index in [2.05, 4.69) is 17.6 Å². The molecule has 1 unspecified atom stereocenters. The fourth-order valence-corrected chi connectivity index (χ4v) is 2.42. The molecule has 2 rings (SSSR count). The fraction of sp³-hybridized carbons (Fsp3) is 0.316. The Bertz CT molecular complexity index is 641. The second-order valence-corrected chi connectivity index (χ2v) is 5.49.